The summed E-state index contributed by atoms with van der Waals surface area (Å²) in [6.45, 7) is 1.51. The minimum absolute atomic E-state index is 0.0174. The lowest BCUT2D eigenvalue weighted by Crippen LogP contribution is -2.42. The molecular formula is C26H26ClN3O. The molecule has 2 amide bonds. The van der Waals surface area contributed by atoms with Crippen LogP contribution in [0.15, 0.2) is 66.9 Å². The number of nitrogens with zero attached hydrogens (tertiary/aromatic N) is 2. The number of pyridine rings is 1. The lowest BCUT2D eigenvalue weighted by atomic mass is 9.76. The van der Waals surface area contributed by atoms with Gasteiger partial charge in [0.05, 0.1) is 5.69 Å². The predicted octanol–water partition coefficient (Wildman–Crippen LogP) is 5.91. The van der Waals surface area contributed by atoms with Crippen molar-refractivity contribution in [2.75, 3.05) is 18.4 Å². The Morgan fingerprint density at radius 3 is 2.55 bits per heavy atom. The first kappa shape index (κ1) is 20.1. The second-order valence-electron chi connectivity index (χ2n) is 8.49. The summed E-state index contributed by atoms with van der Waals surface area (Å²) in [5, 5.41) is 3.81. The molecule has 2 aromatic carbocycles. The summed E-state index contributed by atoms with van der Waals surface area (Å²) in [5.74, 6) is 0.706. The van der Waals surface area contributed by atoms with Crippen molar-refractivity contribution in [3.63, 3.8) is 0 Å². The Morgan fingerprint density at radius 1 is 0.968 bits per heavy atom. The lowest BCUT2D eigenvalue weighted by Gasteiger charge is -2.36. The highest BCUT2D eigenvalue weighted by Gasteiger charge is 2.34. The van der Waals surface area contributed by atoms with E-state index in [1.165, 1.54) is 22.4 Å². The van der Waals surface area contributed by atoms with Crippen LogP contribution in [0.1, 0.15) is 41.1 Å². The minimum atomic E-state index is -0.0174. The summed E-state index contributed by atoms with van der Waals surface area (Å²) in [5.41, 5.74) is 6.07. The van der Waals surface area contributed by atoms with Gasteiger partial charge in [-0.1, -0.05) is 41.9 Å². The first-order valence-corrected chi connectivity index (χ1v) is 11.4. The van der Waals surface area contributed by atoms with Crippen LogP contribution in [0.25, 0.3) is 0 Å². The Bertz CT molecular complexity index is 1080. The molecule has 2 heterocycles. The van der Waals surface area contributed by atoms with Crippen LogP contribution in [0, 0.1) is 5.92 Å². The van der Waals surface area contributed by atoms with E-state index in [-0.39, 0.29) is 11.9 Å². The van der Waals surface area contributed by atoms with Gasteiger partial charge in [-0.15, -0.1) is 0 Å². The van der Waals surface area contributed by atoms with Gasteiger partial charge in [0.15, 0.2) is 0 Å². The van der Waals surface area contributed by atoms with E-state index in [0.717, 1.165) is 49.5 Å². The van der Waals surface area contributed by atoms with Gasteiger partial charge in [-0.3, -0.25) is 4.98 Å². The fraction of sp³-hybridized carbons (Fsp3) is 0.308. The summed E-state index contributed by atoms with van der Waals surface area (Å²) >= 11 is 6.33. The van der Waals surface area contributed by atoms with Gasteiger partial charge >= 0.3 is 6.03 Å². The van der Waals surface area contributed by atoms with Crippen molar-refractivity contribution < 1.29 is 4.79 Å². The summed E-state index contributed by atoms with van der Waals surface area (Å²) in [7, 11) is 0. The maximum Gasteiger partial charge on any atom is 0.321 e. The fourth-order valence-electron chi connectivity index (χ4n) is 5.09. The molecule has 1 N–H and O–H groups in total. The Balaban J connectivity index is 1.37. The first-order chi connectivity index (χ1) is 15.2. The predicted molar refractivity (Wildman–Crippen MR) is 125 cm³/mol. The van der Waals surface area contributed by atoms with E-state index < -0.39 is 0 Å². The number of urea groups is 1. The van der Waals surface area contributed by atoms with Crippen LogP contribution in [0.4, 0.5) is 10.5 Å². The molecule has 0 bridgehead atoms. The molecule has 5 heteroatoms. The number of anilines is 1. The molecule has 5 rings (SSSR count). The number of benzene rings is 2. The van der Waals surface area contributed by atoms with E-state index >= 15 is 0 Å². The number of hydrogen-bond acceptors (Lipinski definition) is 2. The third-order valence-electron chi connectivity index (χ3n) is 6.65. The SMILES string of the molecule is O=C(Nc1ccccc1)N1CCC(C2c3ccc(Cl)cc3CCc3cccnc32)CC1. The van der Waals surface area contributed by atoms with Gasteiger partial charge in [-0.05, 0) is 78.6 Å². The molecule has 1 aliphatic heterocycles. The third kappa shape index (κ3) is 4.17. The topological polar surface area (TPSA) is 45.2 Å². The van der Waals surface area contributed by atoms with Gasteiger partial charge < -0.3 is 10.2 Å². The Hall–Kier alpha value is -2.85. The largest absolute Gasteiger partial charge is 0.325 e. The highest BCUT2D eigenvalue weighted by molar-refractivity contribution is 6.30. The highest BCUT2D eigenvalue weighted by atomic mass is 35.5. The number of aromatic nitrogens is 1. The molecule has 1 atom stereocenters. The molecule has 1 aliphatic carbocycles. The van der Waals surface area contributed by atoms with Gasteiger partial charge in [0.2, 0.25) is 0 Å². The van der Waals surface area contributed by atoms with Crippen molar-refractivity contribution in [1.29, 1.82) is 0 Å². The van der Waals surface area contributed by atoms with Crippen molar-refractivity contribution in [2.24, 2.45) is 5.92 Å². The average Bonchev–Trinajstić information content (AvgIpc) is 2.96. The van der Waals surface area contributed by atoms with Gasteiger partial charge in [-0.25, -0.2) is 4.79 Å². The molecular weight excluding hydrogens is 406 g/mol. The quantitative estimate of drug-likeness (QED) is 0.548. The number of nitrogens with one attached hydrogen (secondary N) is 1. The number of amides is 2. The summed E-state index contributed by atoms with van der Waals surface area (Å²) in [4.78, 5) is 19.5. The number of hydrogen-bond donors (Lipinski definition) is 1. The number of halogens is 1. The van der Waals surface area contributed by atoms with E-state index in [9.17, 15) is 4.79 Å². The highest BCUT2D eigenvalue weighted by Crippen LogP contribution is 2.42. The number of likely N-dealkylation sites (tertiary alicyclic amines) is 1. The monoisotopic (exact) mass is 431 g/mol. The van der Waals surface area contributed by atoms with Crippen LogP contribution in [-0.4, -0.2) is 29.0 Å². The number of piperidine rings is 1. The van der Waals surface area contributed by atoms with Crippen LogP contribution >= 0.6 is 11.6 Å². The maximum atomic E-state index is 12.7. The average molecular weight is 432 g/mol. The molecule has 31 heavy (non-hydrogen) atoms. The molecule has 1 unspecified atom stereocenters. The van der Waals surface area contributed by atoms with Crippen LogP contribution in [-0.2, 0) is 12.8 Å². The van der Waals surface area contributed by atoms with E-state index in [4.69, 9.17) is 16.6 Å². The zero-order valence-electron chi connectivity index (χ0n) is 17.4. The lowest BCUT2D eigenvalue weighted by molar-refractivity contribution is 0.177. The standard InChI is InChI=1S/C26H26ClN3O/c27-21-10-11-23-20(17-21)9-8-19-5-4-14-28-25(19)24(23)18-12-15-30(16-13-18)26(31)29-22-6-2-1-3-7-22/h1-7,10-11,14,17-18,24H,8-9,12-13,15-16H2,(H,29,31). The number of aryl methyl sites for hydroxylation is 2. The molecule has 1 aromatic heterocycles. The van der Waals surface area contributed by atoms with E-state index in [1.54, 1.807) is 0 Å². The zero-order chi connectivity index (χ0) is 21.2. The smallest absolute Gasteiger partial charge is 0.321 e. The van der Waals surface area contributed by atoms with Crippen LogP contribution < -0.4 is 5.32 Å². The minimum Gasteiger partial charge on any atom is -0.325 e. The molecule has 0 saturated carbocycles. The van der Waals surface area contributed by atoms with Crippen LogP contribution in [0.2, 0.25) is 5.02 Å². The fourth-order valence-corrected chi connectivity index (χ4v) is 5.28. The van der Waals surface area contributed by atoms with E-state index in [0.29, 0.717) is 5.92 Å². The Kier molecular flexibility index (Phi) is 5.65. The summed E-state index contributed by atoms with van der Waals surface area (Å²) in [6.07, 6.45) is 5.82. The van der Waals surface area contributed by atoms with Gasteiger partial charge in [0, 0.05) is 35.9 Å². The second-order valence-corrected chi connectivity index (χ2v) is 8.93. The number of carbonyl (C=O) groups excluding carboxylic acids is 1. The molecule has 1 saturated heterocycles. The number of fused-ring (bicyclic) bond motifs is 2. The van der Waals surface area contributed by atoms with Crippen LogP contribution in [0.5, 0.6) is 0 Å². The molecule has 158 valence electrons. The molecule has 0 spiro atoms. The van der Waals surface area contributed by atoms with E-state index in [2.05, 4.69) is 23.5 Å². The Labute approximate surface area is 188 Å². The van der Waals surface area contributed by atoms with Crippen molar-refractivity contribution in [2.45, 2.75) is 31.6 Å². The number of carbonyl (C=O) groups is 1. The first-order valence-electron chi connectivity index (χ1n) is 11.0. The molecule has 2 aliphatic rings. The number of para-hydroxylation sites is 1. The summed E-state index contributed by atoms with van der Waals surface area (Å²) < 4.78 is 0. The summed E-state index contributed by atoms with van der Waals surface area (Å²) in [6, 6.07) is 20.2. The van der Waals surface area contributed by atoms with E-state index in [1.807, 2.05) is 53.6 Å². The van der Waals surface area contributed by atoms with Crippen molar-refractivity contribution in [3.05, 3.63) is 94.3 Å². The Morgan fingerprint density at radius 2 is 1.74 bits per heavy atom. The molecule has 0 radical (unpaired) electrons. The molecule has 3 aromatic rings. The van der Waals surface area contributed by atoms with Gasteiger partial charge in [-0.2, -0.15) is 0 Å². The van der Waals surface area contributed by atoms with Crippen molar-refractivity contribution >= 4 is 23.3 Å². The second kappa shape index (κ2) is 8.72. The maximum absolute atomic E-state index is 12.7. The molecule has 4 nitrogen and oxygen atoms in total. The van der Waals surface area contributed by atoms with Crippen molar-refractivity contribution in [3.8, 4) is 0 Å². The zero-order valence-corrected chi connectivity index (χ0v) is 18.2. The normalized spacial score (nSPS) is 18.6. The van der Waals surface area contributed by atoms with Crippen molar-refractivity contribution in [1.82, 2.24) is 9.88 Å². The van der Waals surface area contributed by atoms with Gasteiger partial charge in [0.25, 0.3) is 0 Å². The third-order valence-corrected chi connectivity index (χ3v) is 6.88. The van der Waals surface area contributed by atoms with Crippen LogP contribution in [0.3, 0.4) is 0 Å². The molecule has 1 fully saturated rings. The number of rotatable bonds is 2. The van der Waals surface area contributed by atoms with Gasteiger partial charge in [0.1, 0.15) is 0 Å².